The fraction of sp³-hybridized carbons (Fsp3) is 0.167. The lowest BCUT2D eigenvalue weighted by molar-refractivity contribution is 0.102. The van der Waals surface area contributed by atoms with Gasteiger partial charge in [0.05, 0.1) is 23.3 Å². The molecule has 1 aromatic heterocycles. The molecule has 2 aromatic carbocycles. The van der Waals surface area contributed by atoms with E-state index in [9.17, 15) is 13.2 Å². The number of hydrogen-bond donors (Lipinski definition) is 1. The van der Waals surface area contributed by atoms with Gasteiger partial charge < -0.3 is 9.15 Å². The number of methoxy groups -OCH3 is 1. The van der Waals surface area contributed by atoms with Crippen molar-refractivity contribution in [3.05, 3.63) is 54.1 Å². The Morgan fingerprint density at radius 3 is 2.48 bits per heavy atom. The number of rotatable bonds is 6. The fourth-order valence-electron chi connectivity index (χ4n) is 2.37. The van der Waals surface area contributed by atoms with Gasteiger partial charge in [0.1, 0.15) is 5.75 Å². The molecule has 0 radical (unpaired) electrons. The Morgan fingerprint density at radius 1 is 1.11 bits per heavy atom. The van der Waals surface area contributed by atoms with E-state index >= 15 is 0 Å². The van der Waals surface area contributed by atoms with Gasteiger partial charge in [-0.1, -0.05) is 24.2 Å². The number of carbonyl (C=O) groups excluding carboxylic acids is 1. The van der Waals surface area contributed by atoms with E-state index in [2.05, 4.69) is 15.5 Å². The molecule has 8 nitrogen and oxygen atoms in total. The first kappa shape index (κ1) is 18.6. The number of carbonyl (C=O) groups is 1. The number of nitrogens with one attached hydrogen (secondary N) is 1. The highest BCUT2D eigenvalue weighted by Crippen LogP contribution is 2.23. The van der Waals surface area contributed by atoms with Gasteiger partial charge in [0.25, 0.3) is 5.91 Å². The van der Waals surface area contributed by atoms with Gasteiger partial charge in [0, 0.05) is 5.56 Å². The highest BCUT2D eigenvalue weighted by Gasteiger charge is 2.22. The average molecular weight is 387 g/mol. The molecule has 27 heavy (non-hydrogen) atoms. The molecule has 3 rings (SSSR count). The Kier molecular flexibility index (Phi) is 5.22. The van der Waals surface area contributed by atoms with E-state index in [0.717, 1.165) is 0 Å². The fourth-order valence-corrected chi connectivity index (χ4v) is 3.46. The lowest BCUT2D eigenvalue weighted by Crippen LogP contribution is -2.17. The molecule has 1 heterocycles. The minimum absolute atomic E-state index is 0.0172. The molecule has 0 spiro atoms. The van der Waals surface area contributed by atoms with Crippen LogP contribution in [0.1, 0.15) is 17.3 Å². The van der Waals surface area contributed by atoms with Crippen LogP contribution >= 0.6 is 0 Å². The van der Waals surface area contributed by atoms with Crippen LogP contribution in [0.3, 0.4) is 0 Å². The zero-order valence-electron chi connectivity index (χ0n) is 14.7. The largest absolute Gasteiger partial charge is 0.497 e. The molecular weight excluding hydrogens is 370 g/mol. The second kappa shape index (κ2) is 7.58. The maximum absolute atomic E-state index is 12.5. The highest BCUT2D eigenvalue weighted by atomic mass is 32.2. The summed E-state index contributed by atoms with van der Waals surface area (Å²) in [4.78, 5) is 12.5. The number of anilines is 1. The lowest BCUT2D eigenvalue weighted by atomic mass is 10.2. The van der Waals surface area contributed by atoms with Crippen molar-refractivity contribution >= 4 is 21.8 Å². The molecule has 0 saturated heterocycles. The smallest absolute Gasteiger partial charge is 0.322 e. The normalized spacial score (nSPS) is 11.2. The van der Waals surface area contributed by atoms with Crippen LogP contribution in [-0.4, -0.2) is 37.4 Å². The number of amides is 1. The second-order valence-corrected chi connectivity index (χ2v) is 7.74. The van der Waals surface area contributed by atoms with Crippen molar-refractivity contribution in [1.82, 2.24) is 10.2 Å². The van der Waals surface area contributed by atoms with E-state index in [1.807, 2.05) is 0 Å². The molecule has 0 unspecified atom stereocenters. The van der Waals surface area contributed by atoms with Crippen molar-refractivity contribution in [2.24, 2.45) is 0 Å². The van der Waals surface area contributed by atoms with Crippen LogP contribution in [0.2, 0.25) is 0 Å². The summed E-state index contributed by atoms with van der Waals surface area (Å²) in [6.45, 7) is 1.52. The SMILES string of the molecule is CCS(=O)(=O)c1ccccc1C(=O)Nc1nnc(-c2ccc(OC)cc2)o1. The summed E-state index contributed by atoms with van der Waals surface area (Å²) < 4.78 is 34.9. The van der Waals surface area contributed by atoms with Crippen LogP contribution in [0.5, 0.6) is 5.75 Å². The van der Waals surface area contributed by atoms with Crippen molar-refractivity contribution in [2.45, 2.75) is 11.8 Å². The molecule has 0 aliphatic rings. The van der Waals surface area contributed by atoms with Crippen molar-refractivity contribution in [3.63, 3.8) is 0 Å². The summed E-state index contributed by atoms with van der Waals surface area (Å²) >= 11 is 0. The number of nitrogens with zero attached hydrogens (tertiary/aromatic N) is 2. The highest BCUT2D eigenvalue weighted by molar-refractivity contribution is 7.91. The van der Waals surface area contributed by atoms with Gasteiger partial charge in [-0.25, -0.2) is 8.42 Å². The van der Waals surface area contributed by atoms with Gasteiger partial charge in [0.15, 0.2) is 9.84 Å². The molecule has 0 atom stereocenters. The van der Waals surface area contributed by atoms with E-state index in [4.69, 9.17) is 9.15 Å². The van der Waals surface area contributed by atoms with E-state index < -0.39 is 15.7 Å². The molecule has 0 bridgehead atoms. The topological polar surface area (TPSA) is 111 Å². The minimum Gasteiger partial charge on any atom is -0.497 e. The van der Waals surface area contributed by atoms with E-state index in [-0.39, 0.29) is 28.1 Å². The van der Waals surface area contributed by atoms with Crippen LogP contribution in [0.4, 0.5) is 6.01 Å². The number of sulfone groups is 1. The summed E-state index contributed by atoms with van der Waals surface area (Å²) in [6, 6.07) is 12.8. The molecule has 140 valence electrons. The Morgan fingerprint density at radius 2 is 1.81 bits per heavy atom. The maximum atomic E-state index is 12.5. The summed E-state index contributed by atoms with van der Waals surface area (Å²) in [5.41, 5.74) is 0.668. The summed E-state index contributed by atoms with van der Waals surface area (Å²) in [6.07, 6.45) is 0. The zero-order chi connectivity index (χ0) is 19.4. The standard InChI is InChI=1S/C18H17N3O5S/c1-3-27(23,24)15-7-5-4-6-14(15)16(22)19-18-21-20-17(26-18)12-8-10-13(25-2)11-9-12/h4-11H,3H2,1-2H3,(H,19,21,22). The molecule has 0 fully saturated rings. The van der Waals surface area contributed by atoms with Crippen LogP contribution in [0.25, 0.3) is 11.5 Å². The van der Waals surface area contributed by atoms with Gasteiger partial charge in [0.2, 0.25) is 5.89 Å². The van der Waals surface area contributed by atoms with Crippen LogP contribution in [-0.2, 0) is 9.84 Å². The number of ether oxygens (including phenoxy) is 1. The third-order valence-electron chi connectivity index (χ3n) is 3.83. The first-order valence-electron chi connectivity index (χ1n) is 8.05. The molecule has 0 saturated carbocycles. The number of aromatic nitrogens is 2. The van der Waals surface area contributed by atoms with E-state index in [1.165, 1.54) is 19.1 Å². The predicted octanol–water partition coefficient (Wildman–Crippen LogP) is 2.79. The summed E-state index contributed by atoms with van der Waals surface area (Å²) in [5, 5.41) is 10.1. The third kappa shape index (κ3) is 3.98. The van der Waals surface area contributed by atoms with Crippen molar-refractivity contribution in [3.8, 4) is 17.2 Å². The number of hydrogen-bond acceptors (Lipinski definition) is 7. The number of benzene rings is 2. The third-order valence-corrected chi connectivity index (χ3v) is 5.62. The monoisotopic (exact) mass is 387 g/mol. The van der Waals surface area contributed by atoms with Crippen molar-refractivity contribution in [1.29, 1.82) is 0 Å². The molecule has 1 amide bonds. The van der Waals surface area contributed by atoms with Crippen LogP contribution in [0.15, 0.2) is 57.8 Å². The van der Waals surface area contributed by atoms with Gasteiger partial charge in [-0.3, -0.25) is 10.1 Å². The minimum atomic E-state index is -3.55. The zero-order valence-corrected chi connectivity index (χ0v) is 15.5. The predicted molar refractivity (Wildman–Crippen MR) is 98.4 cm³/mol. The molecule has 1 N–H and O–H groups in total. The Balaban J connectivity index is 1.83. The van der Waals surface area contributed by atoms with E-state index in [1.54, 1.807) is 43.5 Å². The maximum Gasteiger partial charge on any atom is 0.322 e. The molecular formula is C18H17N3O5S. The van der Waals surface area contributed by atoms with Gasteiger partial charge >= 0.3 is 6.01 Å². The first-order valence-corrected chi connectivity index (χ1v) is 9.71. The Hall–Kier alpha value is -3.20. The lowest BCUT2D eigenvalue weighted by Gasteiger charge is -2.07. The van der Waals surface area contributed by atoms with Gasteiger partial charge in [-0.15, -0.1) is 5.10 Å². The van der Waals surface area contributed by atoms with Gasteiger partial charge in [-0.2, -0.15) is 0 Å². The Bertz CT molecular complexity index is 1060. The van der Waals surface area contributed by atoms with Crippen LogP contribution in [0, 0.1) is 0 Å². The average Bonchev–Trinajstić information content (AvgIpc) is 3.16. The first-order chi connectivity index (χ1) is 12.9. The molecule has 0 aliphatic carbocycles. The summed E-state index contributed by atoms with van der Waals surface area (Å²) in [7, 11) is -1.99. The van der Waals surface area contributed by atoms with Crippen molar-refractivity contribution < 1.29 is 22.4 Å². The van der Waals surface area contributed by atoms with Gasteiger partial charge in [-0.05, 0) is 36.4 Å². The molecule has 9 heteroatoms. The molecule has 3 aromatic rings. The second-order valence-electron chi connectivity index (χ2n) is 5.49. The summed E-state index contributed by atoms with van der Waals surface area (Å²) in [5.74, 6) is 0.134. The van der Waals surface area contributed by atoms with E-state index in [0.29, 0.717) is 11.3 Å². The van der Waals surface area contributed by atoms with Crippen molar-refractivity contribution in [2.75, 3.05) is 18.2 Å². The Labute approximate surface area is 156 Å². The van der Waals surface area contributed by atoms with Crippen LogP contribution < -0.4 is 10.1 Å². The quantitative estimate of drug-likeness (QED) is 0.692. The molecule has 0 aliphatic heterocycles.